The van der Waals surface area contributed by atoms with E-state index in [1.54, 1.807) is 6.07 Å². The van der Waals surface area contributed by atoms with Crippen LogP contribution in [0.1, 0.15) is 12.5 Å². The zero-order valence-electron chi connectivity index (χ0n) is 9.69. The van der Waals surface area contributed by atoms with Crippen molar-refractivity contribution in [3.63, 3.8) is 0 Å². The third-order valence-electron chi connectivity index (χ3n) is 2.23. The fourth-order valence-electron chi connectivity index (χ4n) is 1.22. The van der Waals surface area contributed by atoms with Gasteiger partial charge in [-0.25, -0.2) is 4.79 Å². The zero-order chi connectivity index (χ0) is 12.2. The van der Waals surface area contributed by atoms with Crippen molar-refractivity contribution in [2.75, 3.05) is 13.7 Å². The number of aliphatic hydroxyl groups is 1. The molecule has 16 heavy (non-hydrogen) atoms. The van der Waals surface area contributed by atoms with Crippen LogP contribution < -0.4 is 4.74 Å². The average molecular weight is 224 g/mol. The van der Waals surface area contributed by atoms with Crippen LogP contribution in [0.3, 0.4) is 0 Å². The number of aryl methyl sites for hydroxylation is 1. The van der Waals surface area contributed by atoms with Gasteiger partial charge in [-0.2, -0.15) is 0 Å². The van der Waals surface area contributed by atoms with Crippen LogP contribution in [-0.2, 0) is 9.53 Å². The summed E-state index contributed by atoms with van der Waals surface area (Å²) < 4.78 is 9.84. The Labute approximate surface area is 94.8 Å². The smallest absolute Gasteiger partial charge is 0.341 e. The molecular formula is C12H16O4. The lowest BCUT2D eigenvalue weighted by Gasteiger charge is -2.20. The summed E-state index contributed by atoms with van der Waals surface area (Å²) in [6.45, 7) is 3.11. The molecule has 0 aliphatic carbocycles. The Bertz CT molecular complexity index is 371. The summed E-state index contributed by atoms with van der Waals surface area (Å²) in [4.78, 5) is 11.2. The molecule has 0 saturated heterocycles. The van der Waals surface area contributed by atoms with Crippen molar-refractivity contribution in [1.29, 1.82) is 0 Å². The van der Waals surface area contributed by atoms with Crippen LogP contribution in [0.15, 0.2) is 24.3 Å². The summed E-state index contributed by atoms with van der Waals surface area (Å²) in [7, 11) is 1.23. The van der Waals surface area contributed by atoms with E-state index in [1.807, 2.05) is 25.1 Å². The van der Waals surface area contributed by atoms with E-state index in [9.17, 15) is 9.90 Å². The van der Waals surface area contributed by atoms with Gasteiger partial charge in [-0.3, -0.25) is 0 Å². The Kier molecular flexibility index (Phi) is 3.90. The minimum absolute atomic E-state index is 0.134. The second kappa shape index (κ2) is 4.99. The summed E-state index contributed by atoms with van der Waals surface area (Å²) >= 11 is 0. The maximum atomic E-state index is 11.2. The molecule has 0 heterocycles. The van der Waals surface area contributed by atoms with E-state index < -0.39 is 11.6 Å². The Morgan fingerprint density at radius 3 is 2.62 bits per heavy atom. The Morgan fingerprint density at radius 2 is 2.06 bits per heavy atom. The quantitative estimate of drug-likeness (QED) is 0.783. The van der Waals surface area contributed by atoms with Crippen LogP contribution in [0.25, 0.3) is 0 Å². The van der Waals surface area contributed by atoms with E-state index in [2.05, 4.69) is 4.74 Å². The molecule has 1 aromatic rings. The maximum absolute atomic E-state index is 11.2. The van der Waals surface area contributed by atoms with Gasteiger partial charge in [-0.05, 0) is 25.5 Å². The molecule has 0 aliphatic heterocycles. The minimum atomic E-state index is -1.63. The molecule has 1 aromatic carbocycles. The maximum Gasteiger partial charge on any atom is 0.341 e. The van der Waals surface area contributed by atoms with Crippen LogP contribution in [0, 0.1) is 6.92 Å². The Balaban J connectivity index is 2.65. The molecule has 1 unspecified atom stereocenters. The van der Waals surface area contributed by atoms with Gasteiger partial charge in [0.2, 0.25) is 0 Å². The first-order valence-electron chi connectivity index (χ1n) is 4.96. The highest BCUT2D eigenvalue weighted by atomic mass is 16.6. The number of carbonyl (C=O) groups is 1. The SMILES string of the molecule is COC(=O)C(C)(O)COc1ccccc1C. The van der Waals surface area contributed by atoms with Gasteiger partial charge in [0.15, 0.2) is 5.60 Å². The second-order valence-electron chi connectivity index (χ2n) is 3.82. The number of esters is 1. The molecule has 1 N–H and O–H groups in total. The van der Waals surface area contributed by atoms with Crippen LogP contribution in [0.2, 0.25) is 0 Å². The van der Waals surface area contributed by atoms with Gasteiger partial charge in [-0.1, -0.05) is 18.2 Å². The van der Waals surface area contributed by atoms with Gasteiger partial charge in [0, 0.05) is 0 Å². The van der Waals surface area contributed by atoms with E-state index in [0.717, 1.165) is 5.56 Å². The van der Waals surface area contributed by atoms with E-state index in [0.29, 0.717) is 5.75 Å². The van der Waals surface area contributed by atoms with E-state index in [-0.39, 0.29) is 6.61 Å². The molecule has 0 aliphatic rings. The number of hydrogen-bond donors (Lipinski definition) is 1. The summed E-state index contributed by atoms with van der Waals surface area (Å²) in [5.74, 6) is -0.0623. The van der Waals surface area contributed by atoms with Crippen molar-refractivity contribution < 1.29 is 19.4 Å². The van der Waals surface area contributed by atoms with Gasteiger partial charge in [0.25, 0.3) is 0 Å². The van der Waals surface area contributed by atoms with E-state index in [4.69, 9.17) is 4.74 Å². The molecule has 1 rings (SSSR count). The molecule has 0 spiro atoms. The van der Waals surface area contributed by atoms with Crippen molar-refractivity contribution in [2.24, 2.45) is 0 Å². The van der Waals surface area contributed by atoms with Crippen LogP contribution in [0.4, 0.5) is 0 Å². The molecule has 88 valence electrons. The van der Waals surface area contributed by atoms with Gasteiger partial charge in [-0.15, -0.1) is 0 Å². The lowest BCUT2D eigenvalue weighted by Crippen LogP contribution is -2.42. The molecule has 4 nitrogen and oxygen atoms in total. The number of para-hydroxylation sites is 1. The van der Waals surface area contributed by atoms with Crippen LogP contribution in [0.5, 0.6) is 5.75 Å². The van der Waals surface area contributed by atoms with Crippen molar-refractivity contribution in [3.8, 4) is 5.75 Å². The predicted octanol–water partition coefficient (Wildman–Crippen LogP) is 1.30. The van der Waals surface area contributed by atoms with Crippen LogP contribution in [-0.4, -0.2) is 30.4 Å². The number of methoxy groups -OCH3 is 1. The standard InChI is InChI=1S/C12H16O4/c1-9-6-4-5-7-10(9)16-8-12(2,14)11(13)15-3/h4-7,14H,8H2,1-3H3. The van der Waals surface area contributed by atoms with Crippen molar-refractivity contribution >= 4 is 5.97 Å². The molecule has 0 fully saturated rings. The molecule has 1 atom stereocenters. The first-order chi connectivity index (χ1) is 7.47. The van der Waals surface area contributed by atoms with Crippen LogP contribution >= 0.6 is 0 Å². The molecule has 0 saturated carbocycles. The Hall–Kier alpha value is -1.55. The largest absolute Gasteiger partial charge is 0.490 e. The average Bonchev–Trinajstić information content (AvgIpc) is 2.27. The third kappa shape index (κ3) is 2.97. The molecule has 4 heteroatoms. The normalized spacial score (nSPS) is 14.0. The van der Waals surface area contributed by atoms with Gasteiger partial charge in [0.1, 0.15) is 12.4 Å². The molecule has 0 aromatic heterocycles. The van der Waals surface area contributed by atoms with E-state index >= 15 is 0 Å². The number of carbonyl (C=O) groups excluding carboxylic acids is 1. The number of hydrogen-bond acceptors (Lipinski definition) is 4. The zero-order valence-corrected chi connectivity index (χ0v) is 9.69. The summed E-state index contributed by atoms with van der Waals surface area (Å²) in [6, 6.07) is 7.39. The predicted molar refractivity (Wildman–Crippen MR) is 59.3 cm³/mol. The first kappa shape index (κ1) is 12.5. The van der Waals surface area contributed by atoms with Gasteiger partial charge >= 0.3 is 5.97 Å². The Morgan fingerprint density at radius 1 is 1.44 bits per heavy atom. The highest BCUT2D eigenvalue weighted by Crippen LogP contribution is 2.18. The highest BCUT2D eigenvalue weighted by Gasteiger charge is 2.32. The third-order valence-corrected chi connectivity index (χ3v) is 2.23. The lowest BCUT2D eigenvalue weighted by molar-refractivity contribution is -0.163. The molecular weight excluding hydrogens is 208 g/mol. The molecule has 0 radical (unpaired) electrons. The van der Waals surface area contributed by atoms with E-state index in [1.165, 1.54) is 14.0 Å². The molecule has 0 amide bonds. The summed E-state index contributed by atoms with van der Waals surface area (Å²) in [6.07, 6.45) is 0. The lowest BCUT2D eigenvalue weighted by atomic mass is 10.1. The fraction of sp³-hybridized carbons (Fsp3) is 0.417. The minimum Gasteiger partial charge on any atom is -0.490 e. The van der Waals surface area contributed by atoms with Crippen molar-refractivity contribution in [1.82, 2.24) is 0 Å². The topological polar surface area (TPSA) is 55.8 Å². The second-order valence-corrected chi connectivity index (χ2v) is 3.82. The van der Waals surface area contributed by atoms with Gasteiger partial charge in [0.05, 0.1) is 7.11 Å². The highest BCUT2D eigenvalue weighted by molar-refractivity contribution is 5.78. The molecule has 0 bridgehead atoms. The van der Waals surface area contributed by atoms with Gasteiger partial charge < -0.3 is 14.6 Å². The fourth-order valence-corrected chi connectivity index (χ4v) is 1.22. The number of benzene rings is 1. The summed E-state index contributed by atoms with van der Waals surface area (Å²) in [5, 5.41) is 9.74. The first-order valence-corrected chi connectivity index (χ1v) is 4.96. The summed E-state index contributed by atoms with van der Waals surface area (Å²) in [5.41, 5.74) is -0.681. The number of rotatable bonds is 4. The van der Waals surface area contributed by atoms with Crippen molar-refractivity contribution in [2.45, 2.75) is 19.4 Å². The number of ether oxygens (including phenoxy) is 2. The van der Waals surface area contributed by atoms with Crippen molar-refractivity contribution in [3.05, 3.63) is 29.8 Å². The monoisotopic (exact) mass is 224 g/mol.